The molecule has 2 bridgehead atoms. The number of amides is 2. The van der Waals surface area contributed by atoms with E-state index in [0.717, 1.165) is 0 Å². The lowest BCUT2D eigenvalue weighted by Gasteiger charge is -2.70. The molecule has 3 saturated carbocycles. The van der Waals surface area contributed by atoms with Crippen LogP contribution in [-0.2, 0) is 9.59 Å². The summed E-state index contributed by atoms with van der Waals surface area (Å²) in [7, 11) is 0. The molecule has 2 aromatic carbocycles. The molecular weight excluding hydrogens is 486 g/mol. The summed E-state index contributed by atoms with van der Waals surface area (Å²) < 4.78 is 10.9. The summed E-state index contributed by atoms with van der Waals surface area (Å²) in [5, 5.41) is 7.54. The molecule has 31 heavy (non-hydrogen) atoms. The van der Waals surface area contributed by atoms with Gasteiger partial charge in [0.1, 0.15) is 11.5 Å². The molecule has 10 heteroatoms. The SMILES string of the molecule is O=C(COc1ccc(Cl)c(Cl)c1)NC12CC(NC(=O)COc3ccc(Cl)c(Cl)c3)(C1)C2. The van der Waals surface area contributed by atoms with Crippen molar-refractivity contribution in [2.24, 2.45) is 0 Å². The van der Waals surface area contributed by atoms with Crippen LogP contribution >= 0.6 is 46.4 Å². The normalized spacial score (nSPS) is 23.2. The van der Waals surface area contributed by atoms with Crippen molar-refractivity contribution in [2.45, 2.75) is 30.3 Å². The van der Waals surface area contributed by atoms with Crippen molar-refractivity contribution in [3.63, 3.8) is 0 Å². The van der Waals surface area contributed by atoms with Gasteiger partial charge in [-0.15, -0.1) is 0 Å². The molecule has 5 rings (SSSR count). The summed E-state index contributed by atoms with van der Waals surface area (Å²) in [5.41, 5.74) is -0.564. The highest BCUT2D eigenvalue weighted by molar-refractivity contribution is 6.42. The van der Waals surface area contributed by atoms with Crippen LogP contribution < -0.4 is 20.1 Å². The third-order valence-corrected chi connectivity index (χ3v) is 6.84. The summed E-state index contributed by atoms with van der Waals surface area (Å²) in [4.78, 5) is 24.4. The van der Waals surface area contributed by atoms with Crippen molar-refractivity contribution in [3.05, 3.63) is 56.5 Å². The Bertz CT molecular complexity index is 947. The number of halogens is 4. The molecule has 6 nitrogen and oxygen atoms in total. The number of hydrogen-bond acceptors (Lipinski definition) is 4. The summed E-state index contributed by atoms with van der Waals surface area (Å²) in [6.07, 6.45) is 2.03. The fourth-order valence-electron chi connectivity index (χ4n) is 4.15. The minimum Gasteiger partial charge on any atom is -0.484 e. The summed E-state index contributed by atoms with van der Waals surface area (Å²) in [6, 6.07) is 9.62. The Labute approximate surface area is 199 Å². The van der Waals surface area contributed by atoms with Gasteiger partial charge in [-0.3, -0.25) is 9.59 Å². The van der Waals surface area contributed by atoms with Gasteiger partial charge in [0.05, 0.1) is 20.1 Å². The van der Waals surface area contributed by atoms with Gasteiger partial charge in [0.15, 0.2) is 13.2 Å². The molecule has 0 unspecified atom stereocenters. The number of rotatable bonds is 8. The van der Waals surface area contributed by atoms with Crippen LogP contribution in [0.3, 0.4) is 0 Å². The Kier molecular flexibility index (Phi) is 6.19. The van der Waals surface area contributed by atoms with E-state index in [1.165, 1.54) is 0 Å². The number of ether oxygens (including phenoxy) is 2. The molecule has 2 aromatic rings. The quantitative estimate of drug-likeness (QED) is 0.549. The highest BCUT2D eigenvalue weighted by Crippen LogP contribution is 2.60. The molecule has 2 N–H and O–H groups in total. The monoisotopic (exact) mass is 502 g/mol. The van der Waals surface area contributed by atoms with E-state index in [1.54, 1.807) is 36.4 Å². The van der Waals surface area contributed by atoms with E-state index in [4.69, 9.17) is 55.9 Å². The maximum Gasteiger partial charge on any atom is 0.258 e. The van der Waals surface area contributed by atoms with E-state index < -0.39 is 0 Å². The van der Waals surface area contributed by atoms with Crippen LogP contribution in [0.5, 0.6) is 11.5 Å². The van der Waals surface area contributed by atoms with Crippen molar-refractivity contribution < 1.29 is 19.1 Å². The van der Waals surface area contributed by atoms with Crippen LogP contribution in [0.4, 0.5) is 0 Å². The number of nitrogens with one attached hydrogen (secondary N) is 2. The second kappa shape index (κ2) is 8.58. The van der Waals surface area contributed by atoms with E-state index in [9.17, 15) is 9.59 Å². The van der Waals surface area contributed by atoms with Crippen LogP contribution in [0.15, 0.2) is 36.4 Å². The van der Waals surface area contributed by atoms with Gasteiger partial charge in [-0.1, -0.05) is 46.4 Å². The Morgan fingerprint density at radius 2 is 1.10 bits per heavy atom. The molecule has 3 aliphatic rings. The smallest absolute Gasteiger partial charge is 0.258 e. The first-order valence-electron chi connectivity index (χ1n) is 9.45. The first-order valence-corrected chi connectivity index (χ1v) is 11.0. The third-order valence-electron chi connectivity index (χ3n) is 5.36. The number of carbonyl (C=O) groups is 2. The van der Waals surface area contributed by atoms with E-state index in [0.29, 0.717) is 50.9 Å². The molecular formula is C21H18Cl4N2O4. The van der Waals surface area contributed by atoms with Gasteiger partial charge in [-0.2, -0.15) is 0 Å². The lowest BCUT2D eigenvalue weighted by Crippen LogP contribution is -2.84. The van der Waals surface area contributed by atoms with Crippen molar-refractivity contribution in [1.82, 2.24) is 10.6 Å². The maximum atomic E-state index is 12.2. The zero-order chi connectivity index (χ0) is 22.2. The van der Waals surface area contributed by atoms with Crippen molar-refractivity contribution in [3.8, 4) is 11.5 Å². The third kappa shape index (κ3) is 4.98. The van der Waals surface area contributed by atoms with E-state index in [2.05, 4.69) is 10.6 Å². The Morgan fingerprint density at radius 3 is 1.45 bits per heavy atom. The topological polar surface area (TPSA) is 76.7 Å². The second-order valence-corrected chi connectivity index (χ2v) is 9.55. The van der Waals surface area contributed by atoms with E-state index in [-0.39, 0.29) is 36.1 Å². The van der Waals surface area contributed by atoms with Gasteiger partial charge in [0, 0.05) is 23.2 Å². The average molecular weight is 504 g/mol. The maximum absolute atomic E-state index is 12.2. The standard InChI is InChI=1S/C21H18Cl4N2O4/c22-14-3-1-12(5-16(14)24)30-7-18(28)26-20-9-21(10-20,11-20)27-19(29)8-31-13-2-4-15(23)17(25)6-13/h1-6H,7-11H2,(H,26,28)(H,27,29). The molecule has 3 fully saturated rings. The summed E-state index contributed by atoms with van der Waals surface area (Å²) >= 11 is 23.6. The predicted molar refractivity (Wildman–Crippen MR) is 120 cm³/mol. The lowest BCUT2D eigenvalue weighted by molar-refractivity contribution is -0.151. The van der Waals surface area contributed by atoms with Crippen LogP contribution in [0.2, 0.25) is 20.1 Å². The molecule has 0 heterocycles. The second-order valence-electron chi connectivity index (χ2n) is 7.92. The van der Waals surface area contributed by atoms with Crippen LogP contribution in [0.1, 0.15) is 19.3 Å². The molecule has 0 saturated heterocycles. The number of benzene rings is 2. The molecule has 0 atom stereocenters. The van der Waals surface area contributed by atoms with E-state index in [1.807, 2.05) is 0 Å². The van der Waals surface area contributed by atoms with Gasteiger partial charge < -0.3 is 20.1 Å². The molecule has 0 aliphatic heterocycles. The highest BCUT2D eigenvalue weighted by atomic mass is 35.5. The van der Waals surface area contributed by atoms with Gasteiger partial charge in [-0.25, -0.2) is 0 Å². The first kappa shape index (κ1) is 22.3. The molecule has 0 aromatic heterocycles. The Balaban J connectivity index is 1.17. The van der Waals surface area contributed by atoms with Crippen LogP contribution in [0, 0.1) is 0 Å². The average Bonchev–Trinajstić information content (AvgIpc) is 2.67. The van der Waals surface area contributed by atoms with Gasteiger partial charge >= 0.3 is 0 Å². The number of hydrogen-bond donors (Lipinski definition) is 2. The van der Waals surface area contributed by atoms with Crippen LogP contribution in [-0.4, -0.2) is 36.1 Å². The zero-order valence-electron chi connectivity index (χ0n) is 16.1. The Hall–Kier alpha value is -1.86. The van der Waals surface area contributed by atoms with Crippen molar-refractivity contribution in [2.75, 3.05) is 13.2 Å². The molecule has 0 radical (unpaired) electrons. The summed E-state index contributed by atoms with van der Waals surface area (Å²) in [5.74, 6) is 0.475. The fourth-order valence-corrected chi connectivity index (χ4v) is 4.72. The fraction of sp³-hybridized carbons (Fsp3) is 0.333. The minimum absolute atomic E-state index is 0.128. The Morgan fingerprint density at radius 1 is 0.710 bits per heavy atom. The predicted octanol–water partition coefficient (Wildman–Crippen LogP) is 4.67. The first-order chi connectivity index (χ1) is 14.7. The molecule has 164 valence electrons. The lowest BCUT2D eigenvalue weighted by atomic mass is 9.44. The number of carbonyl (C=O) groups excluding carboxylic acids is 2. The van der Waals surface area contributed by atoms with Gasteiger partial charge in [0.25, 0.3) is 11.8 Å². The minimum atomic E-state index is -0.282. The van der Waals surface area contributed by atoms with Crippen LogP contribution in [0.25, 0.3) is 0 Å². The van der Waals surface area contributed by atoms with Crippen molar-refractivity contribution in [1.29, 1.82) is 0 Å². The van der Waals surface area contributed by atoms with Crippen molar-refractivity contribution >= 4 is 58.2 Å². The van der Waals surface area contributed by atoms with Gasteiger partial charge in [0.2, 0.25) is 0 Å². The largest absolute Gasteiger partial charge is 0.484 e. The molecule has 2 amide bonds. The molecule has 0 spiro atoms. The molecule has 3 aliphatic carbocycles. The zero-order valence-corrected chi connectivity index (χ0v) is 19.2. The van der Waals surface area contributed by atoms with Gasteiger partial charge in [-0.05, 0) is 43.5 Å². The summed E-state index contributed by atoms with van der Waals surface area (Å²) in [6.45, 7) is -0.257. The van der Waals surface area contributed by atoms with E-state index >= 15 is 0 Å². The highest BCUT2D eigenvalue weighted by Gasteiger charge is 2.69.